The van der Waals surface area contributed by atoms with Crippen molar-refractivity contribution in [1.82, 2.24) is 0 Å². The molecule has 0 aliphatic carbocycles. The van der Waals surface area contributed by atoms with Gasteiger partial charge in [0.2, 0.25) is 0 Å². The molecule has 1 N–H and O–H groups in total. The Balaban J connectivity index is 3.90. The average molecular weight is 138 g/mol. The average Bonchev–Trinajstić information content (AvgIpc) is 1.89. The Kier molecular flexibility index (Phi) is 4.96. The molecule has 0 unspecified atom stereocenters. The molecule has 0 fully saturated rings. The summed E-state index contributed by atoms with van der Waals surface area (Å²) in [5.74, 6) is 0.0769. The van der Waals surface area contributed by atoms with Crippen molar-refractivity contribution in [3.8, 4) is 0 Å². The second-order valence-electron chi connectivity index (χ2n) is 1.47. The van der Waals surface area contributed by atoms with Gasteiger partial charge in [0.1, 0.15) is 5.76 Å². The molecule has 0 aliphatic rings. The number of hydrogen-bond acceptors (Lipinski definition) is 3. The van der Waals surface area contributed by atoms with Crippen LogP contribution in [0.3, 0.4) is 0 Å². The summed E-state index contributed by atoms with van der Waals surface area (Å²) in [5.41, 5.74) is 0. The molecule has 0 spiro atoms. The van der Waals surface area contributed by atoms with Gasteiger partial charge in [0.25, 0.3) is 0 Å². The van der Waals surface area contributed by atoms with E-state index in [4.69, 9.17) is 5.11 Å². The van der Waals surface area contributed by atoms with Gasteiger partial charge < -0.3 is 5.11 Å². The molecule has 0 saturated carbocycles. The lowest BCUT2D eigenvalue weighted by molar-refractivity contribution is 0.430. The van der Waals surface area contributed by atoms with Crippen LogP contribution in [-0.2, 0) is 0 Å². The molecule has 0 rings (SSSR count). The van der Waals surface area contributed by atoms with E-state index in [0.29, 0.717) is 0 Å². The molecule has 0 amide bonds. The summed E-state index contributed by atoms with van der Waals surface area (Å²) in [7, 11) is 0. The number of azo groups is 1. The topological polar surface area (TPSA) is 45.0 Å². The fraction of sp³-hybridized carbons (Fsp3) is 0.143. The van der Waals surface area contributed by atoms with E-state index in [2.05, 4.69) is 16.8 Å². The standard InChI is InChI=1S/C7H10N2O/c1-3-5-7(10)6-9-8-4-2/h3-6,10H,2H2,1H3/b5-3-,7-6-,9-8+. The number of aliphatic hydroxyl groups excluding tert-OH is 1. The molecule has 0 bridgehead atoms. The van der Waals surface area contributed by atoms with E-state index >= 15 is 0 Å². The second kappa shape index (κ2) is 5.75. The lowest BCUT2D eigenvalue weighted by Gasteiger charge is -1.82. The Hall–Kier alpha value is -1.38. The highest BCUT2D eigenvalue weighted by Gasteiger charge is 1.78. The molecule has 3 heteroatoms. The fourth-order valence-electron chi connectivity index (χ4n) is 0.353. The molecular formula is C7H10N2O. The minimum Gasteiger partial charge on any atom is -0.506 e. The third-order valence-electron chi connectivity index (χ3n) is 0.676. The zero-order valence-corrected chi connectivity index (χ0v) is 5.86. The predicted octanol–water partition coefficient (Wildman–Crippen LogP) is 2.56. The van der Waals surface area contributed by atoms with Crippen molar-refractivity contribution in [2.24, 2.45) is 10.2 Å². The molecule has 0 atom stereocenters. The Labute approximate surface area is 60.1 Å². The largest absolute Gasteiger partial charge is 0.506 e. The lowest BCUT2D eigenvalue weighted by atomic mass is 10.5. The maximum Gasteiger partial charge on any atom is 0.135 e. The summed E-state index contributed by atoms with van der Waals surface area (Å²) in [5, 5.41) is 15.7. The predicted molar refractivity (Wildman–Crippen MR) is 40.6 cm³/mol. The minimum atomic E-state index is 0.0769. The molecular weight excluding hydrogens is 128 g/mol. The smallest absolute Gasteiger partial charge is 0.135 e. The van der Waals surface area contributed by atoms with E-state index in [-0.39, 0.29) is 5.76 Å². The molecule has 0 radical (unpaired) electrons. The first-order valence-corrected chi connectivity index (χ1v) is 2.84. The van der Waals surface area contributed by atoms with Crippen molar-refractivity contribution in [3.63, 3.8) is 0 Å². The van der Waals surface area contributed by atoms with Crippen LogP contribution in [0, 0.1) is 0 Å². The quantitative estimate of drug-likeness (QED) is 0.363. The van der Waals surface area contributed by atoms with Crippen LogP contribution in [0.1, 0.15) is 6.92 Å². The van der Waals surface area contributed by atoms with Crippen LogP contribution >= 0.6 is 0 Å². The van der Waals surface area contributed by atoms with E-state index in [1.807, 2.05) is 0 Å². The third kappa shape index (κ3) is 4.77. The van der Waals surface area contributed by atoms with Crippen LogP contribution < -0.4 is 0 Å². The van der Waals surface area contributed by atoms with Crippen molar-refractivity contribution in [2.75, 3.05) is 0 Å². The van der Waals surface area contributed by atoms with Gasteiger partial charge in [-0.05, 0) is 13.0 Å². The van der Waals surface area contributed by atoms with Crippen molar-refractivity contribution in [3.05, 3.63) is 36.9 Å². The van der Waals surface area contributed by atoms with Gasteiger partial charge in [0.15, 0.2) is 0 Å². The maximum atomic E-state index is 8.86. The lowest BCUT2D eigenvalue weighted by Crippen LogP contribution is -1.68. The molecule has 0 aromatic carbocycles. The van der Waals surface area contributed by atoms with Gasteiger partial charge in [0, 0.05) is 6.20 Å². The number of hydrogen-bond donors (Lipinski definition) is 1. The monoisotopic (exact) mass is 138 g/mol. The first-order valence-electron chi connectivity index (χ1n) is 2.84. The van der Waals surface area contributed by atoms with Crippen molar-refractivity contribution in [1.29, 1.82) is 0 Å². The number of rotatable bonds is 3. The van der Waals surface area contributed by atoms with E-state index < -0.39 is 0 Å². The molecule has 0 aromatic heterocycles. The summed E-state index contributed by atoms with van der Waals surface area (Å²) < 4.78 is 0. The number of aliphatic hydroxyl groups is 1. The number of nitrogens with zero attached hydrogens (tertiary/aromatic N) is 2. The van der Waals surface area contributed by atoms with Gasteiger partial charge in [-0.2, -0.15) is 10.2 Å². The Bertz CT molecular complexity index is 180. The SMILES string of the molecule is C=C/N=N/C=C(O)/C=C\C. The van der Waals surface area contributed by atoms with E-state index in [1.165, 1.54) is 18.5 Å². The normalized spacial score (nSPS) is 13.1. The van der Waals surface area contributed by atoms with Crippen LogP contribution in [0.4, 0.5) is 0 Å². The number of allylic oxidation sites excluding steroid dienone is 2. The van der Waals surface area contributed by atoms with E-state index in [9.17, 15) is 0 Å². The second-order valence-corrected chi connectivity index (χ2v) is 1.47. The first-order chi connectivity index (χ1) is 4.81. The van der Waals surface area contributed by atoms with Crippen molar-refractivity contribution >= 4 is 0 Å². The summed E-state index contributed by atoms with van der Waals surface area (Å²) >= 11 is 0. The highest BCUT2D eigenvalue weighted by Crippen LogP contribution is 1.91. The van der Waals surface area contributed by atoms with Crippen LogP contribution in [0.5, 0.6) is 0 Å². The summed E-state index contributed by atoms with van der Waals surface area (Å²) in [6.07, 6.45) is 5.75. The zero-order chi connectivity index (χ0) is 7.82. The van der Waals surface area contributed by atoms with Crippen LogP contribution in [0.2, 0.25) is 0 Å². The van der Waals surface area contributed by atoms with E-state index in [0.717, 1.165) is 0 Å². The summed E-state index contributed by atoms with van der Waals surface area (Å²) in [4.78, 5) is 0. The van der Waals surface area contributed by atoms with Crippen LogP contribution in [0.15, 0.2) is 47.1 Å². The van der Waals surface area contributed by atoms with Gasteiger partial charge in [-0.1, -0.05) is 12.7 Å². The minimum absolute atomic E-state index is 0.0769. The Morgan fingerprint density at radius 2 is 2.20 bits per heavy atom. The molecule has 0 saturated heterocycles. The molecule has 0 heterocycles. The van der Waals surface area contributed by atoms with Gasteiger partial charge in [-0.15, -0.1) is 0 Å². The van der Waals surface area contributed by atoms with Crippen LogP contribution in [0.25, 0.3) is 0 Å². The molecule has 10 heavy (non-hydrogen) atoms. The van der Waals surface area contributed by atoms with Gasteiger partial charge in [0.05, 0.1) is 6.20 Å². The Morgan fingerprint density at radius 1 is 1.50 bits per heavy atom. The fourth-order valence-corrected chi connectivity index (χ4v) is 0.353. The molecule has 54 valence electrons. The Morgan fingerprint density at radius 3 is 2.70 bits per heavy atom. The van der Waals surface area contributed by atoms with Gasteiger partial charge in [-0.25, -0.2) is 0 Å². The van der Waals surface area contributed by atoms with Gasteiger partial charge >= 0.3 is 0 Å². The molecule has 3 nitrogen and oxygen atoms in total. The first kappa shape index (κ1) is 8.62. The molecule has 0 aromatic rings. The van der Waals surface area contributed by atoms with Crippen molar-refractivity contribution in [2.45, 2.75) is 6.92 Å². The molecule has 0 aliphatic heterocycles. The summed E-state index contributed by atoms with van der Waals surface area (Å²) in [6, 6.07) is 0. The van der Waals surface area contributed by atoms with Crippen molar-refractivity contribution < 1.29 is 5.11 Å². The third-order valence-corrected chi connectivity index (χ3v) is 0.676. The highest BCUT2D eigenvalue weighted by molar-refractivity contribution is 5.07. The summed E-state index contributed by atoms with van der Waals surface area (Å²) in [6.45, 7) is 5.11. The van der Waals surface area contributed by atoms with E-state index in [1.54, 1.807) is 13.0 Å². The highest BCUT2D eigenvalue weighted by atomic mass is 16.3. The zero-order valence-electron chi connectivity index (χ0n) is 5.86. The van der Waals surface area contributed by atoms with Crippen LogP contribution in [-0.4, -0.2) is 5.11 Å². The maximum absolute atomic E-state index is 8.86. The van der Waals surface area contributed by atoms with Gasteiger partial charge in [-0.3, -0.25) is 0 Å².